The molecule has 1 heterocycles. The Balaban J connectivity index is 1.93. The molecule has 1 aliphatic rings. The predicted molar refractivity (Wildman–Crippen MR) is 99.2 cm³/mol. The molecule has 0 aliphatic carbocycles. The zero-order valence-corrected chi connectivity index (χ0v) is 15.2. The Kier molecular flexibility index (Phi) is 5.87. The molecule has 1 atom stereocenters. The molecular weight excluding hydrogens is 365 g/mol. The van der Waals surface area contributed by atoms with Gasteiger partial charge in [-0.05, 0) is 42.3 Å². The summed E-state index contributed by atoms with van der Waals surface area (Å²) in [7, 11) is 0. The number of nitriles is 2. The van der Waals surface area contributed by atoms with Crippen molar-refractivity contribution in [3.05, 3.63) is 65.2 Å². The molecule has 0 radical (unpaired) electrons. The second kappa shape index (κ2) is 8.33. The molecule has 4 nitrogen and oxygen atoms in total. The molecule has 3 rings (SSSR count). The molecule has 0 aromatic heterocycles. The van der Waals surface area contributed by atoms with Crippen LogP contribution in [0.15, 0.2) is 48.5 Å². The number of alkyl halides is 3. The Morgan fingerprint density at radius 3 is 2.43 bits per heavy atom. The lowest BCUT2D eigenvalue weighted by Gasteiger charge is -2.32. The van der Waals surface area contributed by atoms with Gasteiger partial charge in [-0.15, -0.1) is 0 Å². The van der Waals surface area contributed by atoms with Gasteiger partial charge in [-0.2, -0.15) is 23.7 Å². The summed E-state index contributed by atoms with van der Waals surface area (Å²) in [6.45, 7) is 1.75. The first-order valence-electron chi connectivity index (χ1n) is 8.93. The average Bonchev–Trinajstić information content (AvgIpc) is 3.14. The minimum atomic E-state index is -4.42. The van der Waals surface area contributed by atoms with E-state index in [4.69, 9.17) is 10.5 Å². The van der Waals surface area contributed by atoms with Crippen LogP contribution in [-0.4, -0.2) is 30.6 Å². The molecule has 0 bridgehead atoms. The highest BCUT2D eigenvalue weighted by Gasteiger charge is 2.35. The molecular formula is C21H19F3N4. The van der Waals surface area contributed by atoms with E-state index in [0.717, 1.165) is 24.7 Å². The summed E-state index contributed by atoms with van der Waals surface area (Å²) in [6.07, 6.45) is -3.66. The molecule has 1 fully saturated rings. The molecule has 0 spiro atoms. The molecule has 0 saturated carbocycles. The first kappa shape index (κ1) is 19.7. The smallest absolute Gasteiger partial charge is 0.363 e. The fraction of sp³-hybridized carbons (Fsp3) is 0.333. The maximum Gasteiger partial charge on any atom is 0.416 e. The molecule has 144 valence electrons. The minimum Gasteiger partial charge on any atom is -0.363 e. The van der Waals surface area contributed by atoms with E-state index in [9.17, 15) is 13.2 Å². The van der Waals surface area contributed by atoms with Crippen LogP contribution >= 0.6 is 0 Å². The largest absolute Gasteiger partial charge is 0.416 e. The van der Waals surface area contributed by atoms with E-state index in [1.807, 2.05) is 9.80 Å². The number of nitrogens with zero attached hydrogens (tertiary/aromatic N) is 4. The summed E-state index contributed by atoms with van der Waals surface area (Å²) in [4.78, 5) is 3.94. The zero-order valence-electron chi connectivity index (χ0n) is 15.2. The van der Waals surface area contributed by atoms with Crippen molar-refractivity contribution in [3.8, 4) is 12.1 Å². The monoisotopic (exact) mass is 384 g/mol. The van der Waals surface area contributed by atoms with Gasteiger partial charge in [-0.1, -0.05) is 18.2 Å². The van der Waals surface area contributed by atoms with Crippen molar-refractivity contribution in [1.29, 1.82) is 10.5 Å². The van der Waals surface area contributed by atoms with Crippen LogP contribution in [0.2, 0.25) is 0 Å². The maximum atomic E-state index is 13.4. The van der Waals surface area contributed by atoms with Crippen molar-refractivity contribution in [2.75, 3.05) is 24.5 Å². The molecule has 0 N–H and O–H groups in total. The van der Waals surface area contributed by atoms with Crippen molar-refractivity contribution in [2.24, 2.45) is 0 Å². The van der Waals surface area contributed by atoms with E-state index in [0.29, 0.717) is 18.7 Å². The van der Waals surface area contributed by atoms with E-state index in [2.05, 4.69) is 12.1 Å². The minimum absolute atomic E-state index is 0.0115. The molecule has 2 aromatic rings. The molecule has 7 heteroatoms. The Morgan fingerprint density at radius 1 is 1.07 bits per heavy atom. The van der Waals surface area contributed by atoms with Crippen LogP contribution in [0.5, 0.6) is 0 Å². The number of anilines is 1. The quantitative estimate of drug-likeness (QED) is 0.726. The molecule has 1 aliphatic heterocycles. The van der Waals surface area contributed by atoms with E-state index in [-0.39, 0.29) is 18.2 Å². The molecule has 0 amide bonds. The number of halogens is 3. The summed E-state index contributed by atoms with van der Waals surface area (Å²) in [5.74, 6) is 0. The second-order valence-corrected chi connectivity index (χ2v) is 6.78. The van der Waals surface area contributed by atoms with Gasteiger partial charge in [0.1, 0.15) is 0 Å². The summed E-state index contributed by atoms with van der Waals surface area (Å²) < 4.78 is 40.3. The standard InChI is InChI=1S/C21H19F3N4/c22-21(23,24)20-4-2-1-3-17(20)14-28(18-7-5-16(13-26)6-8-18)19-9-11-27(15-19)12-10-25/h1-8,19H,9,11-12,14-15H2/t19-/m0/s1. The fourth-order valence-electron chi connectivity index (χ4n) is 3.59. The van der Waals surface area contributed by atoms with Gasteiger partial charge < -0.3 is 4.90 Å². The topological polar surface area (TPSA) is 54.1 Å². The van der Waals surface area contributed by atoms with Gasteiger partial charge in [0.25, 0.3) is 0 Å². The van der Waals surface area contributed by atoms with Gasteiger partial charge in [0, 0.05) is 31.4 Å². The average molecular weight is 384 g/mol. The number of rotatable bonds is 5. The third kappa shape index (κ3) is 4.44. The lowest BCUT2D eigenvalue weighted by atomic mass is 10.0. The Bertz CT molecular complexity index is 894. The van der Waals surface area contributed by atoms with Crippen molar-refractivity contribution < 1.29 is 13.2 Å². The van der Waals surface area contributed by atoms with Crippen LogP contribution in [0.1, 0.15) is 23.1 Å². The van der Waals surface area contributed by atoms with Crippen LogP contribution in [0.3, 0.4) is 0 Å². The first-order valence-corrected chi connectivity index (χ1v) is 8.93. The number of likely N-dealkylation sites (tertiary alicyclic amines) is 1. The summed E-state index contributed by atoms with van der Waals surface area (Å²) >= 11 is 0. The van der Waals surface area contributed by atoms with Crippen molar-refractivity contribution in [3.63, 3.8) is 0 Å². The fourth-order valence-corrected chi connectivity index (χ4v) is 3.59. The van der Waals surface area contributed by atoms with E-state index >= 15 is 0 Å². The van der Waals surface area contributed by atoms with Gasteiger partial charge in [-0.3, -0.25) is 4.90 Å². The number of benzene rings is 2. The molecule has 2 aromatic carbocycles. The van der Waals surface area contributed by atoms with E-state index in [1.54, 1.807) is 30.3 Å². The van der Waals surface area contributed by atoms with Crippen LogP contribution in [0.4, 0.5) is 18.9 Å². The number of hydrogen-bond donors (Lipinski definition) is 0. The van der Waals surface area contributed by atoms with Gasteiger partial charge in [0.2, 0.25) is 0 Å². The highest BCUT2D eigenvalue weighted by molar-refractivity contribution is 5.52. The molecule has 28 heavy (non-hydrogen) atoms. The summed E-state index contributed by atoms with van der Waals surface area (Å²) in [6, 6.07) is 16.6. The maximum absolute atomic E-state index is 13.4. The van der Waals surface area contributed by atoms with Crippen LogP contribution in [0, 0.1) is 22.7 Å². The Labute approximate surface area is 162 Å². The van der Waals surface area contributed by atoms with Gasteiger partial charge >= 0.3 is 6.18 Å². The third-order valence-electron chi connectivity index (χ3n) is 4.97. The van der Waals surface area contributed by atoms with Gasteiger partial charge in [0.05, 0.1) is 29.8 Å². The molecule has 1 saturated heterocycles. The van der Waals surface area contributed by atoms with E-state index < -0.39 is 11.7 Å². The Hall–Kier alpha value is -3.03. The van der Waals surface area contributed by atoms with Crippen molar-refractivity contribution in [1.82, 2.24) is 4.90 Å². The van der Waals surface area contributed by atoms with Gasteiger partial charge in [0.15, 0.2) is 0 Å². The van der Waals surface area contributed by atoms with Crippen molar-refractivity contribution in [2.45, 2.75) is 25.2 Å². The summed E-state index contributed by atoms with van der Waals surface area (Å²) in [5, 5.41) is 17.9. The van der Waals surface area contributed by atoms with Crippen LogP contribution < -0.4 is 4.90 Å². The van der Waals surface area contributed by atoms with Crippen molar-refractivity contribution >= 4 is 5.69 Å². The predicted octanol–water partition coefficient (Wildman–Crippen LogP) is 4.18. The third-order valence-corrected chi connectivity index (χ3v) is 4.97. The van der Waals surface area contributed by atoms with Crippen LogP contribution in [0.25, 0.3) is 0 Å². The number of hydrogen-bond acceptors (Lipinski definition) is 4. The SMILES string of the molecule is N#CCN1CC[C@H](N(Cc2ccccc2C(F)(F)F)c2ccc(C#N)cc2)C1. The lowest BCUT2D eigenvalue weighted by molar-refractivity contribution is -0.138. The van der Waals surface area contributed by atoms with Crippen LogP contribution in [-0.2, 0) is 12.7 Å². The lowest BCUT2D eigenvalue weighted by Crippen LogP contribution is -2.37. The Morgan fingerprint density at radius 2 is 1.79 bits per heavy atom. The first-order chi connectivity index (χ1) is 13.4. The summed E-state index contributed by atoms with van der Waals surface area (Å²) in [5.41, 5.74) is 0.829. The second-order valence-electron chi connectivity index (χ2n) is 6.78. The normalized spacial score (nSPS) is 17.1. The van der Waals surface area contributed by atoms with E-state index in [1.165, 1.54) is 12.1 Å². The molecule has 0 unspecified atom stereocenters. The zero-order chi connectivity index (χ0) is 20.1. The highest BCUT2D eigenvalue weighted by Crippen LogP contribution is 2.34. The van der Waals surface area contributed by atoms with Gasteiger partial charge in [-0.25, -0.2) is 0 Å². The highest BCUT2D eigenvalue weighted by atomic mass is 19.4.